The molecule has 0 aliphatic heterocycles. The summed E-state index contributed by atoms with van der Waals surface area (Å²) in [5.74, 6) is 0. The minimum absolute atomic E-state index is 0.0950. The zero-order valence-electron chi connectivity index (χ0n) is 10.6. The van der Waals surface area contributed by atoms with Crippen LogP contribution in [-0.2, 0) is 10.2 Å². The van der Waals surface area contributed by atoms with Crippen LogP contribution in [0.4, 0.5) is 11.4 Å². The van der Waals surface area contributed by atoms with Crippen molar-refractivity contribution in [2.24, 2.45) is 0 Å². The molecule has 6 heteroatoms. The summed E-state index contributed by atoms with van der Waals surface area (Å²) in [7, 11) is -1.96. The molecule has 3 N–H and O–H groups in total. The number of rotatable bonds is 4. The molecule has 0 saturated carbocycles. The van der Waals surface area contributed by atoms with Crippen LogP contribution in [-0.4, -0.2) is 25.8 Å². The van der Waals surface area contributed by atoms with Gasteiger partial charge in [0.1, 0.15) is 0 Å². The molecule has 0 fully saturated rings. The number of aryl methyl sites for hydroxylation is 1. The van der Waals surface area contributed by atoms with E-state index in [0.717, 1.165) is 5.56 Å². The van der Waals surface area contributed by atoms with Crippen LogP contribution in [0.5, 0.6) is 0 Å². The van der Waals surface area contributed by atoms with Crippen LogP contribution >= 0.6 is 0 Å². The van der Waals surface area contributed by atoms with E-state index in [4.69, 9.17) is 5.73 Å². The largest absolute Gasteiger partial charge is 0.399 e. The summed E-state index contributed by atoms with van der Waals surface area (Å²) in [5.41, 5.74) is 7.68. The van der Waals surface area contributed by atoms with Crippen molar-refractivity contribution in [2.75, 3.05) is 17.5 Å². The number of nitrogens with one attached hydrogen (secondary N) is 1. The van der Waals surface area contributed by atoms with Gasteiger partial charge in [0.2, 0.25) is 0 Å². The van der Waals surface area contributed by atoms with Crippen molar-refractivity contribution in [2.45, 2.75) is 26.8 Å². The third kappa shape index (κ3) is 3.34. The van der Waals surface area contributed by atoms with Crippen LogP contribution in [0.3, 0.4) is 0 Å². The molecule has 0 spiro atoms. The van der Waals surface area contributed by atoms with E-state index in [2.05, 4.69) is 4.72 Å². The smallest absolute Gasteiger partial charge is 0.301 e. The monoisotopic (exact) mass is 257 g/mol. The molecule has 0 bridgehead atoms. The first-order valence-electron chi connectivity index (χ1n) is 5.36. The number of nitrogen functional groups attached to an aromatic ring is 1. The molecule has 1 aromatic carbocycles. The molecule has 1 rings (SSSR count). The number of nitrogens with two attached hydrogens (primary N) is 1. The Bertz CT molecular complexity index is 497. The molecule has 0 radical (unpaired) electrons. The molecule has 0 aromatic heterocycles. The van der Waals surface area contributed by atoms with E-state index in [9.17, 15) is 8.42 Å². The topological polar surface area (TPSA) is 75.4 Å². The van der Waals surface area contributed by atoms with Crippen molar-refractivity contribution < 1.29 is 8.42 Å². The van der Waals surface area contributed by atoms with Gasteiger partial charge >= 0.3 is 10.2 Å². The summed E-state index contributed by atoms with van der Waals surface area (Å²) in [5, 5.41) is 0. The fraction of sp³-hybridized carbons (Fsp3) is 0.455. The third-order valence-electron chi connectivity index (χ3n) is 2.62. The maximum absolute atomic E-state index is 11.9. The van der Waals surface area contributed by atoms with Gasteiger partial charge in [-0.05, 0) is 44.5 Å². The second-order valence-corrected chi connectivity index (χ2v) is 6.02. The van der Waals surface area contributed by atoms with Gasteiger partial charge in [-0.25, -0.2) is 0 Å². The lowest BCUT2D eigenvalue weighted by Gasteiger charge is -2.21. The molecule has 0 saturated heterocycles. The highest BCUT2D eigenvalue weighted by Crippen LogP contribution is 2.18. The first kappa shape index (κ1) is 13.8. The number of anilines is 2. The van der Waals surface area contributed by atoms with E-state index in [1.54, 1.807) is 18.2 Å². The lowest BCUT2D eigenvalue weighted by Crippen LogP contribution is -2.37. The van der Waals surface area contributed by atoms with E-state index in [-0.39, 0.29) is 6.04 Å². The van der Waals surface area contributed by atoms with E-state index in [1.807, 2.05) is 20.8 Å². The molecular formula is C11H19N3O2S. The lowest BCUT2D eigenvalue weighted by molar-refractivity contribution is 0.414. The standard InChI is InChI=1S/C11H19N3O2S/c1-8(2)14(4)17(15,16)13-10-5-6-11(12)9(3)7-10/h5-8,13H,12H2,1-4H3. The Morgan fingerprint density at radius 2 is 1.94 bits per heavy atom. The number of hydrogen-bond donors (Lipinski definition) is 2. The summed E-state index contributed by atoms with van der Waals surface area (Å²) in [4.78, 5) is 0. The maximum atomic E-state index is 11.9. The highest BCUT2D eigenvalue weighted by atomic mass is 32.2. The predicted octanol–water partition coefficient (Wildman–Crippen LogP) is 1.57. The van der Waals surface area contributed by atoms with Crippen molar-refractivity contribution in [3.63, 3.8) is 0 Å². The van der Waals surface area contributed by atoms with Crippen LogP contribution < -0.4 is 10.5 Å². The van der Waals surface area contributed by atoms with E-state index >= 15 is 0 Å². The van der Waals surface area contributed by atoms with E-state index in [0.29, 0.717) is 11.4 Å². The Labute approximate surface area is 103 Å². The van der Waals surface area contributed by atoms with Gasteiger partial charge < -0.3 is 5.73 Å². The van der Waals surface area contributed by atoms with Gasteiger partial charge in [-0.15, -0.1) is 0 Å². The zero-order chi connectivity index (χ0) is 13.2. The van der Waals surface area contributed by atoms with Crippen LogP contribution in [0, 0.1) is 6.92 Å². The molecular weight excluding hydrogens is 238 g/mol. The molecule has 0 amide bonds. The van der Waals surface area contributed by atoms with Crippen LogP contribution in [0.2, 0.25) is 0 Å². The predicted molar refractivity (Wildman–Crippen MR) is 71.0 cm³/mol. The van der Waals surface area contributed by atoms with Gasteiger partial charge in [0, 0.05) is 18.8 Å². The molecule has 0 aliphatic carbocycles. The highest BCUT2D eigenvalue weighted by Gasteiger charge is 2.20. The Hall–Kier alpha value is -1.27. The lowest BCUT2D eigenvalue weighted by atomic mass is 10.2. The average Bonchev–Trinajstić information content (AvgIpc) is 2.22. The molecule has 1 aromatic rings. The van der Waals surface area contributed by atoms with Gasteiger partial charge in [0.25, 0.3) is 0 Å². The quantitative estimate of drug-likeness (QED) is 0.804. The minimum Gasteiger partial charge on any atom is -0.399 e. The van der Waals surface area contributed by atoms with Gasteiger partial charge in [0.15, 0.2) is 0 Å². The average molecular weight is 257 g/mol. The van der Waals surface area contributed by atoms with E-state index < -0.39 is 10.2 Å². The summed E-state index contributed by atoms with van der Waals surface area (Å²) < 4.78 is 27.6. The fourth-order valence-corrected chi connectivity index (χ4v) is 2.36. The second kappa shape index (κ2) is 4.93. The summed E-state index contributed by atoms with van der Waals surface area (Å²) in [6.45, 7) is 5.46. The van der Waals surface area contributed by atoms with Crippen LogP contribution in [0.25, 0.3) is 0 Å². The van der Waals surface area contributed by atoms with Crippen molar-refractivity contribution in [1.82, 2.24) is 4.31 Å². The Morgan fingerprint density at radius 1 is 1.35 bits per heavy atom. The third-order valence-corrected chi connectivity index (χ3v) is 4.30. The van der Waals surface area contributed by atoms with Gasteiger partial charge in [-0.2, -0.15) is 12.7 Å². The number of hydrogen-bond acceptors (Lipinski definition) is 3. The SMILES string of the molecule is Cc1cc(NS(=O)(=O)N(C)C(C)C)ccc1N. The number of benzene rings is 1. The van der Waals surface area contributed by atoms with Gasteiger partial charge in [-0.3, -0.25) is 4.72 Å². The summed E-state index contributed by atoms with van der Waals surface area (Å²) >= 11 is 0. The summed E-state index contributed by atoms with van der Waals surface area (Å²) in [6, 6.07) is 4.94. The molecule has 17 heavy (non-hydrogen) atoms. The molecule has 5 nitrogen and oxygen atoms in total. The molecule has 0 heterocycles. The second-order valence-electron chi connectivity index (χ2n) is 4.29. The normalized spacial score (nSPS) is 12.1. The van der Waals surface area contributed by atoms with Gasteiger partial charge in [0.05, 0.1) is 5.69 Å². The first-order chi connectivity index (χ1) is 7.74. The number of nitrogens with zero attached hydrogens (tertiary/aromatic N) is 1. The van der Waals surface area contributed by atoms with Crippen LogP contribution in [0.15, 0.2) is 18.2 Å². The maximum Gasteiger partial charge on any atom is 0.301 e. The molecule has 0 aliphatic rings. The van der Waals surface area contributed by atoms with Gasteiger partial charge in [-0.1, -0.05) is 0 Å². The Morgan fingerprint density at radius 3 is 2.41 bits per heavy atom. The molecule has 96 valence electrons. The fourth-order valence-electron chi connectivity index (χ4n) is 1.24. The highest BCUT2D eigenvalue weighted by molar-refractivity contribution is 7.90. The Balaban J connectivity index is 2.94. The van der Waals surface area contributed by atoms with Crippen molar-refractivity contribution in [3.8, 4) is 0 Å². The minimum atomic E-state index is -3.50. The zero-order valence-corrected chi connectivity index (χ0v) is 11.4. The van der Waals surface area contributed by atoms with E-state index in [1.165, 1.54) is 11.4 Å². The molecule has 0 unspecified atom stereocenters. The van der Waals surface area contributed by atoms with Crippen molar-refractivity contribution >= 4 is 21.6 Å². The summed E-state index contributed by atoms with van der Waals surface area (Å²) in [6.07, 6.45) is 0. The Kier molecular flexibility index (Phi) is 4.00. The van der Waals surface area contributed by atoms with Crippen molar-refractivity contribution in [1.29, 1.82) is 0 Å². The van der Waals surface area contributed by atoms with Crippen LogP contribution in [0.1, 0.15) is 19.4 Å². The first-order valence-corrected chi connectivity index (χ1v) is 6.80. The molecule has 0 atom stereocenters. The van der Waals surface area contributed by atoms with Crippen molar-refractivity contribution in [3.05, 3.63) is 23.8 Å².